The van der Waals surface area contributed by atoms with Crippen LogP contribution in [0, 0.1) is 0 Å². The molecule has 0 N–H and O–H groups in total. The number of aromatic nitrogens is 1. The van der Waals surface area contributed by atoms with Crippen molar-refractivity contribution >= 4 is 56.6 Å². The Bertz CT molecular complexity index is 1930. The van der Waals surface area contributed by atoms with Gasteiger partial charge >= 0.3 is 5.97 Å². The Kier molecular flexibility index (Phi) is 9.62. The SMILES string of the molecule is CCOC(=O)C1=C(C)N=c2s/c(=C\c3cc(Br)c(OCc4ccccc4Cl)c(OC)c3)c(=O)n2C1c1ccc(N(C)C)cc1. The number of fused-ring (bicyclic) bond motifs is 1. The monoisotopic (exact) mass is 695 g/mol. The number of thiazole rings is 1. The number of esters is 1. The van der Waals surface area contributed by atoms with Crippen LogP contribution < -0.4 is 29.3 Å². The average molecular weight is 697 g/mol. The maximum absolute atomic E-state index is 14.0. The minimum absolute atomic E-state index is 0.209. The van der Waals surface area contributed by atoms with Crippen molar-refractivity contribution < 1.29 is 19.0 Å². The van der Waals surface area contributed by atoms with E-state index in [0.29, 0.717) is 41.6 Å². The summed E-state index contributed by atoms with van der Waals surface area (Å²) >= 11 is 11.2. The highest BCUT2D eigenvalue weighted by molar-refractivity contribution is 9.10. The predicted molar refractivity (Wildman–Crippen MR) is 178 cm³/mol. The Hall–Kier alpha value is -3.86. The molecule has 0 fully saturated rings. The molecular formula is C33H31BrClN3O5S. The number of carbonyl (C=O) groups excluding carboxylic acids is 1. The molecule has 11 heteroatoms. The zero-order valence-corrected chi connectivity index (χ0v) is 28.0. The molecule has 1 aromatic heterocycles. The van der Waals surface area contributed by atoms with Crippen LogP contribution in [0.25, 0.3) is 6.08 Å². The molecule has 0 radical (unpaired) electrons. The van der Waals surface area contributed by atoms with Gasteiger partial charge in [0.25, 0.3) is 5.56 Å². The van der Waals surface area contributed by atoms with E-state index in [1.54, 1.807) is 37.7 Å². The van der Waals surface area contributed by atoms with Crippen molar-refractivity contribution in [1.82, 2.24) is 4.57 Å². The molecule has 0 amide bonds. The molecule has 0 saturated heterocycles. The van der Waals surface area contributed by atoms with Crippen LogP contribution in [0.15, 0.2) is 86.2 Å². The third-order valence-electron chi connectivity index (χ3n) is 7.12. The van der Waals surface area contributed by atoms with E-state index in [4.69, 9.17) is 25.8 Å². The van der Waals surface area contributed by atoms with E-state index in [1.165, 1.54) is 11.3 Å². The van der Waals surface area contributed by atoms with Crippen molar-refractivity contribution in [3.63, 3.8) is 0 Å². The van der Waals surface area contributed by atoms with Crippen LogP contribution in [0.3, 0.4) is 0 Å². The second kappa shape index (κ2) is 13.4. The summed E-state index contributed by atoms with van der Waals surface area (Å²) < 4.78 is 19.8. The second-order valence-corrected chi connectivity index (χ2v) is 12.5. The van der Waals surface area contributed by atoms with E-state index in [0.717, 1.165) is 22.4 Å². The molecule has 4 aromatic rings. The van der Waals surface area contributed by atoms with Gasteiger partial charge in [-0.15, -0.1) is 0 Å². The lowest BCUT2D eigenvalue weighted by molar-refractivity contribution is -0.139. The van der Waals surface area contributed by atoms with Gasteiger partial charge in [-0.3, -0.25) is 9.36 Å². The van der Waals surface area contributed by atoms with Gasteiger partial charge < -0.3 is 19.1 Å². The zero-order chi connectivity index (χ0) is 31.5. The summed E-state index contributed by atoms with van der Waals surface area (Å²) in [6.07, 6.45) is 1.78. The van der Waals surface area contributed by atoms with Crippen LogP contribution in [0.5, 0.6) is 11.5 Å². The number of ether oxygens (including phenoxy) is 3. The van der Waals surface area contributed by atoms with E-state index >= 15 is 0 Å². The van der Waals surface area contributed by atoms with E-state index in [1.807, 2.05) is 73.6 Å². The fraction of sp³-hybridized carbons (Fsp3) is 0.242. The molecule has 5 rings (SSSR count). The molecular weight excluding hydrogens is 666 g/mol. The highest BCUT2D eigenvalue weighted by Gasteiger charge is 2.33. The largest absolute Gasteiger partial charge is 0.493 e. The summed E-state index contributed by atoms with van der Waals surface area (Å²) in [5.74, 6) is 0.511. The number of allylic oxidation sites excluding steroid dienone is 1. The molecule has 3 aromatic carbocycles. The van der Waals surface area contributed by atoms with Gasteiger partial charge in [-0.2, -0.15) is 0 Å². The van der Waals surface area contributed by atoms with Gasteiger partial charge in [-0.1, -0.05) is 53.3 Å². The fourth-order valence-electron chi connectivity index (χ4n) is 4.94. The van der Waals surface area contributed by atoms with Gasteiger partial charge in [0.2, 0.25) is 0 Å². The Morgan fingerprint density at radius 1 is 1.16 bits per heavy atom. The number of anilines is 1. The van der Waals surface area contributed by atoms with Gasteiger partial charge in [-0.05, 0) is 77.3 Å². The minimum Gasteiger partial charge on any atom is -0.493 e. The summed E-state index contributed by atoms with van der Waals surface area (Å²) in [6, 6.07) is 18.2. The first kappa shape index (κ1) is 31.6. The maximum Gasteiger partial charge on any atom is 0.338 e. The normalized spacial score (nSPS) is 14.6. The first-order chi connectivity index (χ1) is 21.1. The fourth-order valence-corrected chi connectivity index (χ4v) is 6.75. The number of methoxy groups -OCH3 is 1. The van der Waals surface area contributed by atoms with Crippen LogP contribution in [-0.2, 0) is 16.1 Å². The predicted octanol–water partition coefficient (Wildman–Crippen LogP) is 5.87. The average Bonchev–Trinajstić information content (AvgIpc) is 3.30. The number of rotatable bonds is 9. The number of hydrogen-bond acceptors (Lipinski definition) is 8. The Labute approximate surface area is 272 Å². The summed E-state index contributed by atoms with van der Waals surface area (Å²) in [6.45, 7) is 3.99. The lowest BCUT2D eigenvalue weighted by Gasteiger charge is -2.25. The van der Waals surface area contributed by atoms with Crippen LogP contribution in [-0.4, -0.2) is 38.3 Å². The molecule has 2 heterocycles. The Morgan fingerprint density at radius 2 is 1.89 bits per heavy atom. The maximum atomic E-state index is 14.0. The first-order valence-corrected chi connectivity index (χ1v) is 15.8. The zero-order valence-electron chi connectivity index (χ0n) is 24.9. The molecule has 44 heavy (non-hydrogen) atoms. The molecule has 1 aliphatic rings. The lowest BCUT2D eigenvalue weighted by Crippen LogP contribution is -2.39. The Balaban J connectivity index is 1.58. The third-order valence-corrected chi connectivity index (χ3v) is 9.06. The summed E-state index contributed by atoms with van der Waals surface area (Å²) in [4.78, 5) is 34.4. The van der Waals surface area contributed by atoms with E-state index < -0.39 is 12.0 Å². The van der Waals surface area contributed by atoms with Gasteiger partial charge in [-0.25, -0.2) is 9.79 Å². The van der Waals surface area contributed by atoms with Gasteiger partial charge in [0, 0.05) is 30.4 Å². The summed E-state index contributed by atoms with van der Waals surface area (Å²) in [5, 5.41) is 0.614. The van der Waals surface area contributed by atoms with Crippen molar-refractivity contribution in [2.75, 3.05) is 32.7 Å². The number of halogens is 2. The summed E-state index contributed by atoms with van der Waals surface area (Å²) in [5.41, 5.74) is 3.94. The van der Waals surface area contributed by atoms with E-state index in [9.17, 15) is 9.59 Å². The number of hydrogen-bond donors (Lipinski definition) is 0. The molecule has 1 atom stereocenters. The highest BCUT2D eigenvalue weighted by Crippen LogP contribution is 2.38. The van der Waals surface area contributed by atoms with Crippen LogP contribution >= 0.6 is 38.9 Å². The lowest BCUT2D eigenvalue weighted by atomic mass is 9.95. The first-order valence-electron chi connectivity index (χ1n) is 13.8. The topological polar surface area (TPSA) is 82.4 Å². The molecule has 0 aliphatic carbocycles. The van der Waals surface area contributed by atoms with Crippen molar-refractivity contribution in [1.29, 1.82) is 0 Å². The Morgan fingerprint density at radius 3 is 2.55 bits per heavy atom. The van der Waals surface area contributed by atoms with E-state index in [-0.39, 0.29) is 18.8 Å². The van der Waals surface area contributed by atoms with Crippen molar-refractivity contribution in [2.45, 2.75) is 26.5 Å². The molecule has 8 nitrogen and oxygen atoms in total. The van der Waals surface area contributed by atoms with Crippen molar-refractivity contribution in [3.05, 3.63) is 118 Å². The number of benzene rings is 3. The van der Waals surface area contributed by atoms with E-state index in [2.05, 4.69) is 20.9 Å². The van der Waals surface area contributed by atoms with Crippen molar-refractivity contribution in [2.24, 2.45) is 4.99 Å². The number of carbonyl (C=O) groups is 1. The smallest absolute Gasteiger partial charge is 0.338 e. The highest BCUT2D eigenvalue weighted by atomic mass is 79.9. The minimum atomic E-state index is -0.689. The van der Waals surface area contributed by atoms with Crippen LogP contribution in [0.4, 0.5) is 5.69 Å². The molecule has 0 bridgehead atoms. The van der Waals surface area contributed by atoms with Gasteiger partial charge in [0.05, 0.1) is 40.0 Å². The third kappa shape index (κ3) is 6.33. The second-order valence-electron chi connectivity index (χ2n) is 10.2. The van der Waals surface area contributed by atoms with Gasteiger partial charge in [0.1, 0.15) is 6.61 Å². The standard InChI is InChI=1S/C33H31BrClN3O5S/c1-6-42-32(40)28-19(2)36-33-38(29(28)21-11-13-23(14-12-21)37(3)4)31(39)27(44-33)17-20-15-24(34)30(26(16-20)41-5)43-18-22-9-7-8-10-25(22)35/h7-17,29H,6,18H2,1-5H3/b27-17-. The molecule has 1 unspecified atom stereocenters. The molecule has 0 spiro atoms. The molecule has 0 saturated carbocycles. The summed E-state index contributed by atoms with van der Waals surface area (Å²) in [7, 11) is 5.47. The van der Waals surface area contributed by atoms with Crippen LogP contribution in [0.2, 0.25) is 5.02 Å². The number of nitrogens with zero attached hydrogens (tertiary/aromatic N) is 3. The quantitative estimate of drug-likeness (QED) is 0.204. The van der Waals surface area contributed by atoms with Crippen molar-refractivity contribution in [3.8, 4) is 11.5 Å². The van der Waals surface area contributed by atoms with Gasteiger partial charge in [0.15, 0.2) is 16.3 Å². The molecule has 1 aliphatic heterocycles. The van der Waals surface area contributed by atoms with Crippen LogP contribution in [0.1, 0.15) is 36.6 Å². The molecule has 228 valence electrons.